The second-order valence-corrected chi connectivity index (χ2v) is 2.25. The minimum absolute atomic E-state index is 0.902. The number of hydrogen-bond donors (Lipinski definition) is 1. The van der Waals surface area contributed by atoms with Crippen molar-refractivity contribution in [2.75, 3.05) is 7.05 Å². The summed E-state index contributed by atoms with van der Waals surface area (Å²) in [4.78, 5) is 0. The molecule has 0 atom stereocenters. The summed E-state index contributed by atoms with van der Waals surface area (Å²) in [6, 6.07) is 2.01. The lowest BCUT2D eigenvalue weighted by Crippen LogP contribution is -2.05. The largest absolute Gasteiger partial charge is 0.469 e. The normalized spacial score (nSPS) is 10.2. The molecule has 0 spiro atoms. The van der Waals surface area contributed by atoms with Crippen molar-refractivity contribution in [3.05, 3.63) is 23.7 Å². The molecule has 1 N–H and O–H groups in total. The van der Waals surface area contributed by atoms with E-state index in [1.807, 2.05) is 13.1 Å². The quantitative estimate of drug-likeness (QED) is 0.687. The summed E-state index contributed by atoms with van der Waals surface area (Å²) >= 11 is 0. The van der Waals surface area contributed by atoms with Crippen LogP contribution in [0.1, 0.15) is 18.2 Å². The first-order valence-corrected chi connectivity index (χ1v) is 3.58. The van der Waals surface area contributed by atoms with Gasteiger partial charge in [0.2, 0.25) is 0 Å². The van der Waals surface area contributed by atoms with E-state index in [4.69, 9.17) is 4.42 Å². The third-order valence-electron chi connectivity index (χ3n) is 1.53. The molecule has 0 aromatic carbocycles. The van der Waals surface area contributed by atoms with Crippen LogP contribution in [0.5, 0.6) is 0 Å². The number of nitrogens with one attached hydrogen (secondary N) is 1. The fourth-order valence-electron chi connectivity index (χ4n) is 1.03. The summed E-state index contributed by atoms with van der Waals surface area (Å²) < 4.78 is 5.23. The van der Waals surface area contributed by atoms with Crippen LogP contribution in [0.2, 0.25) is 0 Å². The van der Waals surface area contributed by atoms with Gasteiger partial charge in [-0.15, -0.1) is 0 Å². The SMILES string of the molecule is CCc1occc1CNC. The van der Waals surface area contributed by atoms with Crippen LogP contribution in [-0.4, -0.2) is 7.05 Å². The molecule has 0 aliphatic carbocycles. The molecule has 1 aromatic heterocycles. The van der Waals surface area contributed by atoms with Gasteiger partial charge in [0.25, 0.3) is 0 Å². The van der Waals surface area contributed by atoms with Crippen molar-refractivity contribution < 1.29 is 4.42 Å². The highest BCUT2D eigenvalue weighted by atomic mass is 16.3. The molecule has 0 unspecified atom stereocenters. The predicted octanol–water partition coefficient (Wildman–Crippen LogP) is 1.56. The molecule has 0 bridgehead atoms. The summed E-state index contributed by atoms with van der Waals surface area (Å²) in [7, 11) is 1.94. The molecule has 0 saturated carbocycles. The molecule has 0 fully saturated rings. The van der Waals surface area contributed by atoms with Gasteiger partial charge in [-0.2, -0.15) is 0 Å². The van der Waals surface area contributed by atoms with E-state index in [1.165, 1.54) is 5.56 Å². The van der Waals surface area contributed by atoms with Gasteiger partial charge in [-0.25, -0.2) is 0 Å². The Morgan fingerprint density at radius 2 is 2.40 bits per heavy atom. The van der Waals surface area contributed by atoms with Crippen LogP contribution in [0.25, 0.3) is 0 Å². The van der Waals surface area contributed by atoms with Gasteiger partial charge in [-0.05, 0) is 13.1 Å². The fourth-order valence-corrected chi connectivity index (χ4v) is 1.03. The Labute approximate surface area is 61.2 Å². The first-order valence-electron chi connectivity index (χ1n) is 3.58. The van der Waals surface area contributed by atoms with Crippen LogP contribution in [0, 0.1) is 0 Å². The van der Waals surface area contributed by atoms with Crippen molar-refractivity contribution in [2.24, 2.45) is 0 Å². The van der Waals surface area contributed by atoms with E-state index in [9.17, 15) is 0 Å². The third-order valence-corrected chi connectivity index (χ3v) is 1.53. The lowest BCUT2D eigenvalue weighted by Gasteiger charge is -1.96. The Morgan fingerprint density at radius 1 is 1.60 bits per heavy atom. The van der Waals surface area contributed by atoms with E-state index in [-0.39, 0.29) is 0 Å². The topological polar surface area (TPSA) is 25.2 Å². The minimum atomic E-state index is 0.902. The summed E-state index contributed by atoms with van der Waals surface area (Å²) in [5.41, 5.74) is 1.27. The van der Waals surface area contributed by atoms with E-state index >= 15 is 0 Å². The first kappa shape index (κ1) is 7.35. The molecule has 0 aliphatic rings. The van der Waals surface area contributed by atoms with Crippen molar-refractivity contribution in [3.63, 3.8) is 0 Å². The highest BCUT2D eigenvalue weighted by molar-refractivity contribution is 5.16. The Morgan fingerprint density at radius 3 is 3.00 bits per heavy atom. The first-order chi connectivity index (χ1) is 4.88. The lowest BCUT2D eigenvalue weighted by molar-refractivity contribution is 0.509. The molecule has 2 nitrogen and oxygen atoms in total. The van der Waals surface area contributed by atoms with Gasteiger partial charge < -0.3 is 9.73 Å². The van der Waals surface area contributed by atoms with Gasteiger partial charge in [-0.3, -0.25) is 0 Å². The minimum Gasteiger partial charge on any atom is -0.469 e. The molecule has 10 heavy (non-hydrogen) atoms. The van der Waals surface area contributed by atoms with Gasteiger partial charge in [0.15, 0.2) is 0 Å². The van der Waals surface area contributed by atoms with E-state index in [0.717, 1.165) is 18.7 Å². The Kier molecular flexibility index (Phi) is 2.51. The fraction of sp³-hybridized carbons (Fsp3) is 0.500. The number of aryl methyl sites for hydroxylation is 1. The van der Waals surface area contributed by atoms with Crippen LogP contribution in [0.15, 0.2) is 16.7 Å². The Balaban J connectivity index is 2.70. The monoisotopic (exact) mass is 139 g/mol. The maximum atomic E-state index is 5.23. The van der Waals surface area contributed by atoms with Crippen LogP contribution < -0.4 is 5.32 Å². The summed E-state index contributed by atoms with van der Waals surface area (Å²) in [6.07, 6.45) is 2.72. The van der Waals surface area contributed by atoms with Crippen molar-refractivity contribution in [2.45, 2.75) is 19.9 Å². The van der Waals surface area contributed by atoms with Crippen molar-refractivity contribution in [1.82, 2.24) is 5.32 Å². The van der Waals surface area contributed by atoms with Crippen molar-refractivity contribution in [3.8, 4) is 0 Å². The van der Waals surface area contributed by atoms with Gasteiger partial charge in [0, 0.05) is 18.5 Å². The maximum absolute atomic E-state index is 5.23. The van der Waals surface area contributed by atoms with Gasteiger partial charge >= 0.3 is 0 Å². The highest BCUT2D eigenvalue weighted by Gasteiger charge is 2.00. The van der Waals surface area contributed by atoms with E-state index in [1.54, 1.807) is 6.26 Å². The average molecular weight is 139 g/mol. The summed E-state index contributed by atoms with van der Waals surface area (Å²) in [5.74, 6) is 1.09. The zero-order valence-electron chi connectivity index (χ0n) is 6.48. The molecule has 0 saturated heterocycles. The number of rotatable bonds is 3. The molecule has 1 heterocycles. The number of hydrogen-bond acceptors (Lipinski definition) is 2. The zero-order chi connectivity index (χ0) is 7.40. The molecule has 2 heteroatoms. The summed E-state index contributed by atoms with van der Waals surface area (Å²) in [5, 5.41) is 3.08. The molecular weight excluding hydrogens is 126 g/mol. The third kappa shape index (κ3) is 1.39. The van der Waals surface area contributed by atoms with Crippen molar-refractivity contribution >= 4 is 0 Å². The smallest absolute Gasteiger partial charge is 0.107 e. The highest BCUT2D eigenvalue weighted by Crippen LogP contribution is 2.09. The average Bonchev–Trinajstić information content (AvgIpc) is 2.36. The van der Waals surface area contributed by atoms with Crippen molar-refractivity contribution in [1.29, 1.82) is 0 Å². The molecular formula is C8H13NO. The second-order valence-electron chi connectivity index (χ2n) is 2.25. The van der Waals surface area contributed by atoms with Crippen LogP contribution >= 0.6 is 0 Å². The van der Waals surface area contributed by atoms with Gasteiger partial charge in [-0.1, -0.05) is 6.92 Å². The lowest BCUT2D eigenvalue weighted by atomic mass is 10.2. The second kappa shape index (κ2) is 3.42. The zero-order valence-corrected chi connectivity index (χ0v) is 6.48. The van der Waals surface area contributed by atoms with Gasteiger partial charge in [0.05, 0.1) is 6.26 Å². The summed E-state index contributed by atoms with van der Waals surface area (Å²) in [6.45, 7) is 3.00. The number of furan rings is 1. The van der Waals surface area contributed by atoms with E-state index in [2.05, 4.69) is 12.2 Å². The molecule has 56 valence electrons. The van der Waals surface area contributed by atoms with E-state index in [0.29, 0.717) is 0 Å². The molecule has 1 rings (SSSR count). The Bertz CT molecular complexity index is 193. The Hall–Kier alpha value is -0.760. The molecule has 1 aromatic rings. The van der Waals surface area contributed by atoms with Crippen LogP contribution in [0.4, 0.5) is 0 Å². The molecule has 0 radical (unpaired) electrons. The van der Waals surface area contributed by atoms with Crippen LogP contribution in [-0.2, 0) is 13.0 Å². The van der Waals surface area contributed by atoms with Crippen LogP contribution in [0.3, 0.4) is 0 Å². The van der Waals surface area contributed by atoms with E-state index < -0.39 is 0 Å². The molecule has 0 aliphatic heterocycles. The standard InChI is InChI=1S/C8H13NO/c1-3-8-7(6-9-2)4-5-10-8/h4-5,9H,3,6H2,1-2H3. The maximum Gasteiger partial charge on any atom is 0.107 e. The predicted molar refractivity (Wildman–Crippen MR) is 40.8 cm³/mol. The van der Waals surface area contributed by atoms with Gasteiger partial charge in [0.1, 0.15) is 5.76 Å². The molecule has 0 amide bonds.